The summed E-state index contributed by atoms with van der Waals surface area (Å²) < 4.78 is 1.73. The van der Waals surface area contributed by atoms with Crippen molar-refractivity contribution >= 4 is 36.6 Å². The smallest absolute Gasteiger partial charge is 0.225 e. The van der Waals surface area contributed by atoms with Gasteiger partial charge in [0.1, 0.15) is 0 Å². The second-order valence-corrected chi connectivity index (χ2v) is 8.76. The summed E-state index contributed by atoms with van der Waals surface area (Å²) in [6.45, 7) is 0. The van der Waals surface area contributed by atoms with Crippen LogP contribution in [0, 0.1) is 17.8 Å². The fourth-order valence-electron chi connectivity index (χ4n) is 5.66. The molecule has 4 rings (SSSR count). The summed E-state index contributed by atoms with van der Waals surface area (Å²) in [5.74, 6) is 0.940. The van der Waals surface area contributed by atoms with Gasteiger partial charge in [0, 0.05) is 44.4 Å². The van der Waals surface area contributed by atoms with Crippen LogP contribution in [0.15, 0.2) is 12.4 Å². The second kappa shape index (κ2) is 9.67. The van der Waals surface area contributed by atoms with Crippen LogP contribution in [0.25, 0.3) is 0 Å². The van der Waals surface area contributed by atoms with E-state index < -0.39 is 0 Å². The Balaban J connectivity index is 0.00000150. The van der Waals surface area contributed by atoms with Crippen molar-refractivity contribution in [2.24, 2.45) is 30.5 Å². The van der Waals surface area contributed by atoms with E-state index in [9.17, 15) is 9.59 Å². The number of carbonyl (C=O) groups excluding carboxylic acids is 2. The van der Waals surface area contributed by atoms with Crippen LogP contribution in [-0.2, 0) is 16.6 Å². The molecule has 1 aromatic heterocycles. The largest absolute Gasteiger partial charge is 0.352 e. The Morgan fingerprint density at radius 1 is 1.17 bits per heavy atom. The molecule has 1 saturated heterocycles. The number of nitrogens with zero attached hydrogens (tertiary/aromatic N) is 3. The van der Waals surface area contributed by atoms with Gasteiger partial charge in [-0.2, -0.15) is 5.10 Å². The summed E-state index contributed by atoms with van der Waals surface area (Å²) in [4.78, 5) is 27.3. The van der Waals surface area contributed by atoms with Crippen LogP contribution in [0.3, 0.4) is 0 Å². The van der Waals surface area contributed by atoms with E-state index >= 15 is 0 Å². The molecule has 2 amide bonds. The van der Waals surface area contributed by atoms with Gasteiger partial charge in [0.25, 0.3) is 0 Å². The molecule has 2 aliphatic carbocycles. The number of hydrogen-bond acceptors (Lipinski definition) is 4. The second-order valence-electron chi connectivity index (χ2n) is 8.76. The van der Waals surface area contributed by atoms with Crippen molar-refractivity contribution in [3.8, 4) is 0 Å². The number of likely N-dealkylation sites (tertiary alicyclic amines) is 1. The quantitative estimate of drug-likeness (QED) is 0.745. The van der Waals surface area contributed by atoms with E-state index in [2.05, 4.69) is 10.4 Å². The number of fused-ring (bicyclic) bond motifs is 2. The van der Waals surface area contributed by atoms with Crippen LogP contribution in [0.4, 0.5) is 0 Å². The van der Waals surface area contributed by atoms with E-state index in [1.165, 1.54) is 6.42 Å². The zero-order chi connectivity index (χ0) is 19.1. The SMILES string of the molecule is CN1C(=O)CCC(C(=O)NC2C3CCCC2CC(N)C3)C1c1cnn(C)c1.Cl.Cl. The van der Waals surface area contributed by atoms with Crippen LogP contribution in [0.2, 0.25) is 0 Å². The zero-order valence-corrected chi connectivity index (χ0v) is 18.8. The molecule has 1 aliphatic heterocycles. The lowest BCUT2D eigenvalue weighted by atomic mass is 9.66. The van der Waals surface area contributed by atoms with Gasteiger partial charge >= 0.3 is 0 Å². The molecule has 1 aromatic rings. The van der Waals surface area contributed by atoms with Crippen LogP contribution in [0.5, 0.6) is 0 Å². The first-order chi connectivity index (χ1) is 12.9. The molecule has 2 saturated carbocycles. The van der Waals surface area contributed by atoms with Crippen molar-refractivity contribution in [3.05, 3.63) is 18.0 Å². The highest BCUT2D eigenvalue weighted by Crippen LogP contribution is 2.41. The Morgan fingerprint density at radius 2 is 1.83 bits per heavy atom. The molecule has 0 spiro atoms. The normalized spacial score (nSPS) is 34.0. The van der Waals surface area contributed by atoms with Gasteiger partial charge in [-0.15, -0.1) is 24.8 Å². The van der Waals surface area contributed by atoms with E-state index in [0.717, 1.165) is 31.2 Å². The summed E-state index contributed by atoms with van der Waals surface area (Å²) >= 11 is 0. The molecule has 3 N–H and O–H groups in total. The third-order valence-corrected chi connectivity index (χ3v) is 6.95. The van der Waals surface area contributed by atoms with E-state index in [0.29, 0.717) is 24.7 Å². The molecule has 7 nitrogen and oxygen atoms in total. The number of piperidine rings is 1. The number of aromatic nitrogens is 2. The Kier molecular flexibility index (Phi) is 7.99. The van der Waals surface area contributed by atoms with Crippen molar-refractivity contribution in [2.45, 2.75) is 63.1 Å². The average molecular weight is 446 g/mol. The Bertz CT molecular complexity index is 713. The van der Waals surface area contributed by atoms with Gasteiger partial charge in [0.15, 0.2) is 0 Å². The number of hydrogen-bond donors (Lipinski definition) is 2. The molecule has 2 heterocycles. The minimum atomic E-state index is -0.245. The molecular weight excluding hydrogens is 413 g/mol. The van der Waals surface area contributed by atoms with Gasteiger partial charge in [-0.25, -0.2) is 0 Å². The first kappa shape index (κ1) is 24.0. The molecule has 4 unspecified atom stereocenters. The molecule has 3 aliphatic rings. The van der Waals surface area contributed by atoms with Gasteiger partial charge in [0.05, 0.1) is 18.2 Å². The number of halogens is 2. The highest BCUT2D eigenvalue weighted by Gasteiger charge is 2.44. The maximum atomic E-state index is 13.3. The van der Waals surface area contributed by atoms with E-state index in [1.807, 2.05) is 13.2 Å². The monoisotopic (exact) mass is 445 g/mol. The summed E-state index contributed by atoms with van der Waals surface area (Å²) in [5.41, 5.74) is 7.16. The van der Waals surface area contributed by atoms with Crippen molar-refractivity contribution in [1.82, 2.24) is 20.0 Å². The highest BCUT2D eigenvalue weighted by molar-refractivity contribution is 5.86. The van der Waals surface area contributed by atoms with Gasteiger partial charge in [-0.1, -0.05) is 6.42 Å². The molecule has 4 atom stereocenters. The van der Waals surface area contributed by atoms with Crippen molar-refractivity contribution in [3.63, 3.8) is 0 Å². The Labute approximate surface area is 185 Å². The number of rotatable bonds is 3. The number of nitrogens with two attached hydrogens (primary N) is 1. The lowest BCUT2D eigenvalue weighted by molar-refractivity contribution is -0.142. The Morgan fingerprint density at radius 3 is 2.41 bits per heavy atom. The molecule has 0 radical (unpaired) electrons. The standard InChI is InChI=1S/C20H31N5O2.2ClH/c1-24-11-14(10-22-24)19-16(6-7-17(26)25(19)2)20(27)23-18-12-4-3-5-13(18)9-15(21)8-12;;/h10-13,15-16,18-19H,3-9,21H2,1-2H3,(H,23,27);2*1H. The number of aryl methyl sites for hydroxylation is 1. The van der Waals surface area contributed by atoms with E-state index in [4.69, 9.17) is 5.73 Å². The first-order valence-electron chi connectivity index (χ1n) is 10.2. The average Bonchev–Trinajstić information content (AvgIpc) is 3.03. The summed E-state index contributed by atoms with van der Waals surface area (Å²) in [7, 11) is 3.66. The van der Waals surface area contributed by atoms with Crippen LogP contribution in [-0.4, -0.2) is 45.6 Å². The predicted molar refractivity (Wildman–Crippen MR) is 116 cm³/mol. The lowest BCUT2D eigenvalue weighted by Crippen LogP contribution is -2.56. The fourth-order valence-corrected chi connectivity index (χ4v) is 5.66. The predicted octanol–water partition coefficient (Wildman–Crippen LogP) is 2.20. The van der Waals surface area contributed by atoms with Crippen molar-refractivity contribution < 1.29 is 9.59 Å². The van der Waals surface area contributed by atoms with Crippen molar-refractivity contribution in [1.29, 1.82) is 0 Å². The van der Waals surface area contributed by atoms with E-state index in [-0.39, 0.29) is 60.7 Å². The summed E-state index contributed by atoms with van der Waals surface area (Å²) in [6, 6.07) is 0.268. The number of carbonyl (C=O) groups is 2. The molecule has 29 heavy (non-hydrogen) atoms. The zero-order valence-electron chi connectivity index (χ0n) is 17.1. The first-order valence-corrected chi connectivity index (χ1v) is 10.2. The number of amides is 2. The van der Waals surface area contributed by atoms with Gasteiger partial charge < -0.3 is 16.0 Å². The molecule has 3 fully saturated rings. The van der Waals surface area contributed by atoms with Gasteiger partial charge in [-0.05, 0) is 43.9 Å². The third kappa shape index (κ3) is 4.72. The van der Waals surface area contributed by atoms with Gasteiger partial charge in [-0.3, -0.25) is 14.3 Å². The summed E-state index contributed by atoms with van der Waals surface area (Å²) in [6.07, 6.45) is 10.3. The molecular formula is C20H33Cl2N5O2. The van der Waals surface area contributed by atoms with Crippen LogP contribution in [0.1, 0.15) is 56.6 Å². The maximum absolute atomic E-state index is 13.3. The maximum Gasteiger partial charge on any atom is 0.225 e. The molecule has 2 bridgehead atoms. The number of nitrogens with one attached hydrogen (secondary N) is 1. The highest BCUT2D eigenvalue weighted by atomic mass is 35.5. The Hall–Kier alpha value is -1.31. The molecule has 0 aromatic carbocycles. The molecule has 9 heteroatoms. The lowest BCUT2D eigenvalue weighted by Gasteiger charge is -2.46. The minimum absolute atomic E-state index is 0. The fraction of sp³-hybridized carbons (Fsp3) is 0.750. The van der Waals surface area contributed by atoms with Crippen molar-refractivity contribution in [2.75, 3.05) is 7.05 Å². The minimum Gasteiger partial charge on any atom is -0.352 e. The topological polar surface area (TPSA) is 93.2 Å². The third-order valence-electron chi connectivity index (χ3n) is 6.95. The summed E-state index contributed by atoms with van der Waals surface area (Å²) in [5, 5.41) is 7.64. The van der Waals surface area contributed by atoms with Crippen LogP contribution < -0.4 is 11.1 Å². The van der Waals surface area contributed by atoms with Gasteiger partial charge in [0.2, 0.25) is 11.8 Å². The van der Waals surface area contributed by atoms with Crippen LogP contribution >= 0.6 is 24.8 Å². The van der Waals surface area contributed by atoms with E-state index in [1.54, 1.807) is 22.8 Å². The molecule has 164 valence electrons.